The molecule has 7 nitrogen and oxygen atoms in total. The lowest BCUT2D eigenvalue weighted by atomic mass is 9.92. The van der Waals surface area contributed by atoms with E-state index in [2.05, 4.69) is 0 Å². The van der Waals surface area contributed by atoms with E-state index in [9.17, 15) is 18.0 Å². The molecule has 0 N–H and O–H groups in total. The van der Waals surface area contributed by atoms with Gasteiger partial charge in [-0.05, 0) is 50.3 Å². The minimum absolute atomic E-state index is 0.0591. The molecule has 0 aromatic heterocycles. The van der Waals surface area contributed by atoms with E-state index >= 15 is 0 Å². The second kappa shape index (κ2) is 10.5. The smallest absolute Gasteiger partial charge is 0.309 e. The Morgan fingerprint density at radius 2 is 1.61 bits per heavy atom. The summed E-state index contributed by atoms with van der Waals surface area (Å²) < 4.78 is 32.1. The number of carbonyl (C=O) groups is 2. The van der Waals surface area contributed by atoms with Crippen molar-refractivity contribution in [3.63, 3.8) is 0 Å². The molecule has 31 heavy (non-hydrogen) atoms. The maximum Gasteiger partial charge on any atom is 0.309 e. The lowest BCUT2D eigenvalue weighted by molar-refractivity contribution is -0.152. The van der Waals surface area contributed by atoms with E-state index < -0.39 is 10.0 Å². The first kappa shape index (κ1) is 24.3. The van der Waals surface area contributed by atoms with E-state index in [1.807, 2.05) is 0 Å². The zero-order valence-electron chi connectivity index (χ0n) is 17.6. The highest BCUT2D eigenvalue weighted by molar-refractivity contribution is 7.88. The van der Waals surface area contributed by atoms with Crippen LogP contribution < -0.4 is 0 Å². The third-order valence-electron chi connectivity index (χ3n) is 5.96. The van der Waals surface area contributed by atoms with Gasteiger partial charge in [-0.1, -0.05) is 29.3 Å². The fourth-order valence-electron chi connectivity index (χ4n) is 4.17. The lowest BCUT2D eigenvalue weighted by Crippen LogP contribution is -2.47. The highest BCUT2D eigenvalue weighted by Crippen LogP contribution is 2.28. The van der Waals surface area contributed by atoms with Crippen LogP contribution in [0.5, 0.6) is 0 Å². The van der Waals surface area contributed by atoms with Crippen molar-refractivity contribution in [3.8, 4) is 0 Å². The minimum Gasteiger partial charge on any atom is -0.466 e. The van der Waals surface area contributed by atoms with Crippen LogP contribution in [0.4, 0.5) is 0 Å². The van der Waals surface area contributed by atoms with Crippen LogP contribution in [0.25, 0.3) is 0 Å². The van der Waals surface area contributed by atoms with Crippen LogP contribution in [-0.2, 0) is 30.1 Å². The van der Waals surface area contributed by atoms with Crippen LogP contribution >= 0.6 is 23.2 Å². The molecule has 0 unspecified atom stereocenters. The predicted octanol–water partition coefficient (Wildman–Crippen LogP) is 3.34. The van der Waals surface area contributed by atoms with Gasteiger partial charge in [-0.15, -0.1) is 0 Å². The Morgan fingerprint density at radius 3 is 2.19 bits per heavy atom. The molecule has 2 heterocycles. The van der Waals surface area contributed by atoms with Crippen molar-refractivity contribution in [2.45, 2.75) is 38.4 Å². The van der Waals surface area contributed by atoms with Crippen molar-refractivity contribution < 1.29 is 22.7 Å². The van der Waals surface area contributed by atoms with Crippen molar-refractivity contribution in [3.05, 3.63) is 33.8 Å². The molecule has 2 saturated heterocycles. The largest absolute Gasteiger partial charge is 0.466 e. The molecule has 0 radical (unpaired) electrons. The SMILES string of the molecule is CCOC(=O)C1CCN(C(=O)C2CCN(S(=O)(=O)Cc3ccc(Cl)c(Cl)c3)CC2)CC1. The van der Waals surface area contributed by atoms with Crippen molar-refractivity contribution in [1.82, 2.24) is 9.21 Å². The Morgan fingerprint density at radius 1 is 1.00 bits per heavy atom. The maximum atomic E-state index is 12.9. The molecule has 2 aliphatic rings. The fourth-order valence-corrected chi connectivity index (χ4v) is 6.04. The van der Waals surface area contributed by atoms with Crippen molar-refractivity contribution in [2.24, 2.45) is 11.8 Å². The standard InChI is InChI=1S/C21H28Cl2N2O5S/c1-2-30-21(27)17-5-9-24(10-6-17)20(26)16-7-11-25(12-8-16)31(28,29)14-15-3-4-18(22)19(23)13-15/h3-4,13,16-17H,2,5-12,14H2,1H3. The van der Waals surface area contributed by atoms with E-state index in [-0.39, 0.29) is 29.5 Å². The van der Waals surface area contributed by atoms with E-state index in [0.29, 0.717) is 74.1 Å². The van der Waals surface area contributed by atoms with Crippen LogP contribution in [0.15, 0.2) is 18.2 Å². The van der Waals surface area contributed by atoms with Gasteiger partial charge >= 0.3 is 5.97 Å². The predicted molar refractivity (Wildman–Crippen MR) is 119 cm³/mol. The molecule has 0 bridgehead atoms. The van der Waals surface area contributed by atoms with E-state index in [4.69, 9.17) is 27.9 Å². The molecular weight excluding hydrogens is 463 g/mol. The first-order valence-electron chi connectivity index (χ1n) is 10.6. The number of benzene rings is 1. The monoisotopic (exact) mass is 490 g/mol. The van der Waals surface area contributed by atoms with Gasteiger partial charge in [0.2, 0.25) is 15.9 Å². The summed E-state index contributed by atoms with van der Waals surface area (Å²) in [6.07, 6.45) is 2.22. The Balaban J connectivity index is 1.50. The molecule has 2 fully saturated rings. The van der Waals surface area contributed by atoms with Crippen LogP contribution in [0.3, 0.4) is 0 Å². The van der Waals surface area contributed by atoms with Gasteiger partial charge in [0.1, 0.15) is 0 Å². The number of sulfonamides is 1. The quantitative estimate of drug-likeness (QED) is 0.570. The Bertz CT molecular complexity index is 908. The van der Waals surface area contributed by atoms with Gasteiger partial charge in [0.25, 0.3) is 0 Å². The normalized spacial score (nSPS) is 19.4. The number of rotatable bonds is 6. The van der Waals surface area contributed by atoms with Crippen molar-refractivity contribution in [2.75, 3.05) is 32.8 Å². The molecule has 1 aromatic carbocycles. The van der Waals surface area contributed by atoms with Gasteiger partial charge in [0, 0.05) is 32.1 Å². The molecule has 0 aliphatic carbocycles. The number of esters is 1. The number of likely N-dealkylation sites (tertiary alicyclic amines) is 1. The highest BCUT2D eigenvalue weighted by atomic mass is 35.5. The topological polar surface area (TPSA) is 84.0 Å². The molecule has 1 amide bonds. The Labute approximate surface area is 193 Å². The van der Waals surface area contributed by atoms with Gasteiger partial charge in [0.15, 0.2) is 0 Å². The molecule has 2 aliphatic heterocycles. The second-order valence-electron chi connectivity index (χ2n) is 8.03. The van der Waals surface area contributed by atoms with Gasteiger partial charge in [-0.25, -0.2) is 12.7 Å². The summed E-state index contributed by atoms with van der Waals surface area (Å²) in [6.45, 7) is 3.87. The van der Waals surface area contributed by atoms with Gasteiger partial charge in [-0.2, -0.15) is 0 Å². The summed E-state index contributed by atoms with van der Waals surface area (Å²) in [5, 5.41) is 0.707. The molecule has 10 heteroatoms. The summed E-state index contributed by atoms with van der Waals surface area (Å²) in [5.41, 5.74) is 0.581. The average Bonchev–Trinajstić information content (AvgIpc) is 2.76. The summed E-state index contributed by atoms with van der Waals surface area (Å²) >= 11 is 11.9. The summed E-state index contributed by atoms with van der Waals surface area (Å²) in [5.74, 6) is -0.601. The molecule has 1 aromatic rings. The maximum absolute atomic E-state index is 12.9. The van der Waals surface area contributed by atoms with E-state index in [1.165, 1.54) is 4.31 Å². The first-order valence-corrected chi connectivity index (χ1v) is 12.9. The Kier molecular flexibility index (Phi) is 8.24. The zero-order valence-corrected chi connectivity index (χ0v) is 19.9. The van der Waals surface area contributed by atoms with Crippen LogP contribution in [-0.4, -0.2) is 62.3 Å². The fraction of sp³-hybridized carbons (Fsp3) is 0.619. The molecule has 0 spiro atoms. The van der Waals surface area contributed by atoms with Gasteiger partial charge in [0.05, 0.1) is 28.3 Å². The Hall–Kier alpha value is -1.35. The number of nitrogens with zero attached hydrogens (tertiary/aromatic N) is 2. The number of carbonyl (C=O) groups excluding carboxylic acids is 2. The van der Waals surface area contributed by atoms with E-state index in [0.717, 1.165) is 0 Å². The number of ether oxygens (including phenoxy) is 1. The summed E-state index contributed by atoms with van der Waals surface area (Å²) in [6, 6.07) is 4.81. The highest BCUT2D eigenvalue weighted by Gasteiger charge is 2.35. The van der Waals surface area contributed by atoms with Crippen LogP contribution in [0.2, 0.25) is 10.0 Å². The molecule has 172 valence electrons. The number of halogens is 2. The number of hydrogen-bond donors (Lipinski definition) is 0. The van der Waals surface area contributed by atoms with Crippen LogP contribution in [0, 0.1) is 11.8 Å². The minimum atomic E-state index is -3.51. The summed E-state index contributed by atoms with van der Waals surface area (Å²) in [4.78, 5) is 26.6. The number of amides is 1. The number of hydrogen-bond acceptors (Lipinski definition) is 5. The molecular formula is C21H28Cl2N2O5S. The van der Waals surface area contributed by atoms with E-state index in [1.54, 1.807) is 30.0 Å². The first-order chi connectivity index (χ1) is 14.7. The average molecular weight is 491 g/mol. The van der Waals surface area contributed by atoms with Gasteiger partial charge < -0.3 is 9.64 Å². The molecule has 0 saturated carbocycles. The van der Waals surface area contributed by atoms with Crippen LogP contribution in [0.1, 0.15) is 38.2 Å². The second-order valence-corrected chi connectivity index (χ2v) is 10.8. The van der Waals surface area contributed by atoms with Crippen molar-refractivity contribution in [1.29, 1.82) is 0 Å². The number of piperidine rings is 2. The van der Waals surface area contributed by atoms with Gasteiger partial charge in [-0.3, -0.25) is 9.59 Å². The zero-order chi connectivity index (χ0) is 22.6. The third-order valence-corrected chi connectivity index (χ3v) is 8.55. The summed E-state index contributed by atoms with van der Waals surface area (Å²) in [7, 11) is -3.51. The molecule has 0 atom stereocenters. The lowest BCUT2D eigenvalue weighted by Gasteiger charge is -2.36. The third kappa shape index (κ3) is 6.12. The van der Waals surface area contributed by atoms with Crippen molar-refractivity contribution >= 4 is 45.1 Å². The molecule has 3 rings (SSSR count).